The largest absolute Gasteiger partial charge is 0.496 e. The lowest BCUT2D eigenvalue weighted by Gasteiger charge is -2.12. The first-order valence-electron chi connectivity index (χ1n) is 5.85. The Hall–Kier alpha value is -1.88. The second-order valence-electron chi connectivity index (χ2n) is 4.42. The lowest BCUT2D eigenvalue weighted by molar-refractivity contribution is 0.411. The number of ether oxygens (including phenoxy) is 1. The summed E-state index contributed by atoms with van der Waals surface area (Å²) in [4.78, 5) is 0. The van der Waals surface area contributed by atoms with Crippen molar-refractivity contribution in [1.82, 2.24) is 15.0 Å². The normalized spacial score (nSPS) is 12.4. The number of rotatable bonds is 4. The first-order valence-corrected chi connectivity index (χ1v) is 5.85. The van der Waals surface area contributed by atoms with E-state index in [9.17, 15) is 0 Å². The molecule has 0 saturated carbocycles. The number of aryl methyl sites for hydroxylation is 2. The molecule has 96 valence electrons. The summed E-state index contributed by atoms with van der Waals surface area (Å²) in [5.74, 6) is 0.880. The van der Waals surface area contributed by atoms with Crippen LogP contribution < -0.4 is 10.5 Å². The van der Waals surface area contributed by atoms with Crippen molar-refractivity contribution in [2.24, 2.45) is 12.8 Å². The minimum Gasteiger partial charge on any atom is -0.496 e. The number of methoxy groups -OCH3 is 1. The van der Waals surface area contributed by atoms with Crippen LogP contribution in [-0.2, 0) is 13.5 Å². The van der Waals surface area contributed by atoms with Gasteiger partial charge in [-0.15, -0.1) is 5.10 Å². The van der Waals surface area contributed by atoms with Crippen molar-refractivity contribution in [2.75, 3.05) is 7.11 Å². The number of aromatic nitrogens is 3. The molecule has 2 aromatic rings. The maximum Gasteiger partial charge on any atom is 0.121 e. The van der Waals surface area contributed by atoms with Crippen LogP contribution in [0.15, 0.2) is 24.4 Å². The van der Waals surface area contributed by atoms with Crippen LogP contribution in [-0.4, -0.2) is 22.1 Å². The Kier molecular flexibility index (Phi) is 3.62. The monoisotopic (exact) mass is 246 g/mol. The van der Waals surface area contributed by atoms with Gasteiger partial charge in [0.15, 0.2) is 0 Å². The molecular weight excluding hydrogens is 228 g/mol. The highest BCUT2D eigenvalue weighted by atomic mass is 16.5. The van der Waals surface area contributed by atoms with Crippen molar-refractivity contribution in [3.05, 3.63) is 41.2 Å². The van der Waals surface area contributed by atoms with Crippen LogP contribution in [0, 0.1) is 6.92 Å². The highest BCUT2D eigenvalue weighted by Gasteiger charge is 2.11. The van der Waals surface area contributed by atoms with Crippen molar-refractivity contribution in [3.63, 3.8) is 0 Å². The van der Waals surface area contributed by atoms with E-state index in [-0.39, 0.29) is 6.04 Å². The van der Waals surface area contributed by atoms with E-state index in [0.29, 0.717) is 6.42 Å². The molecule has 5 nitrogen and oxygen atoms in total. The molecule has 5 heteroatoms. The molecule has 0 bridgehead atoms. The van der Waals surface area contributed by atoms with Gasteiger partial charge in [-0.05, 0) is 24.1 Å². The van der Waals surface area contributed by atoms with Gasteiger partial charge in [-0.25, -0.2) is 0 Å². The predicted molar refractivity (Wildman–Crippen MR) is 69.4 cm³/mol. The third kappa shape index (κ3) is 2.68. The molecule has 0 spiro atoms. The molecule has 1 atom stereocenters. The fraction of sp³-hybridized carbons (Fsp3) is 0.385. The Bertz CT molecular complexity index is 536. The smallest absolute Gasteiger partial charge is 0.121 e. The third-order valence-electron chi connectivity index (χ3n) is 2.93. The summed E-state index contributed by atoms with van der Waals surface area (Å²) < 4.78 is 6.92. The summed E-state index contributed by atoms with van der Waals surface area (Å²) in [5, 5.41) is 7.95. The molecule has 0 aliphatic rings. The number of hydrogen-bond acceptors (Lipinski definition) is 4. The number of nitrogens with zero attached hydrogens (tertiary/aromatic N) is 3. The van der Waals surface area contributed by atoms with E-state index in [0.717, 1.165) is 22.6 Å². The van der Waals surface area contributed by atoms with E-state index < -0.39 is 0 Å². The van der Waals surface area contributed by atoms with E-state index in [1.54, 1.807) is 11.8 Å². The Morgan fingerprint density at radius 3 is 2.78 bits per heavy atom. The summed E-state index contributed by atoms with van der Waals surface area (Å²) in [6.07, 6.45) is 2.57. The van der Waals surface area contributed by atoms with Crippen LogP contribution in [0.4, 0.5) is 0 Å². The highest BCUT2D eigenvalue weighted by Crippen LogP contribution is 2.22. The van der Waals surface area contributed by atoms with E-state index in [2.05, 4.69) is 16.4 Å². The third-order valence-corrected chi connectivity index (χ3v) is 2.93. The van der Waals surface area contributed by atoms with Crippen LogP contribution in [0.5, 0.6) is 5.75 Å². The van der Waals surface area contributed by atoms with E-state index in [1.807, 2.05) is 32.3 Å². The zero-order valence-electron chi connectivity index (χ0n) is 10.9. The first kappa shape index (κ1) is 12.6. The number of nitrogens with two attached hydrogens (primary N) is 1. The lowest BCUT2D eigenvalue weighted by Crippen LogP contribution is -2.13. The Labute approximate surface area is 107 Å². The van der Waals surface area contributed by atoms with Gasteiger partial charge in [0.2, 0.25) is 0 Å². The van der Waals surface area contributed by atoms with Crippen molar-refractivity contribution in [1.29, 1.82) is 0 Å². The van der Waals surface area contributed by atoms with Crippen molar-refractivity contribution in [2.45, 2.75) is 19.4 Å². The standard InChI is InChI=1S/C13H18N4O/c1-9-6-10(4-5-13(9)18-3)12(14)7-11-8-17(2)16-15-11/h4-6,8,12H,7,14H2,1-3H3. The summed E-state index contributed by atoms with van der Waals surface area (Å²) in [6.45, 7) is 2.01. The van der Waals surface area contributed by atoms with Gasteiger partial charge in [0.05, 0.1) is 12.8 Å². The van der Waals surface area contributed by atoms with Crippen LogP contribution in [0.25, 0.3) is 0 Å². The molecule has 0 aliphatic carbocycles. The van der Waals surface area contributed by atoms with Gasteiger partial charge in [0, 0.05) is 25.7 Å². The predicted octanol–water partition coefficient (Wildman–Crippen LogP) is 1.37. The molecule has 0 saturated heterocycles. The van der Waals surface area contributed by atoms with Crippen molar-refractivity contribution < 1.29 is 4.74 Å². The van der Waals surface area contributed by atoms with Crippen LogP contribution in [0.1, 0.15) is 22.9 Å². The van der Waals surface area contributed by atoms with E-state index >= 15 is 0 Å². The molecule has 0 fully saturated rings. The molecule has 1 heterocycles. The first-order chi connectivity index (χ1) is 8.60. The molecule has 2 rings (SSSR count). The Morgan fingerprint density at radius 2 is 2.22 bits per heavy atom. The topological polar surface area (TPSA) is 66.0 Å². The van der Waals surface area contributed by atoms with Crippen molar-refractivity contribution in [3.8, 4) is 5.75 Å². The summed E-state index contributed by atoms with van der Waals surface area (Å²) in [6, 6.07) is 5.92. The molecule has 1 aromatic heterocycles. The lowest BCUT2D eigenvalue weighted by atomic mass is 10.0. The molecule has 2 N–H and O–H groups in total. The number of benzene rings is 1. The van der Waals surface area contributed by atoms with Gasteiger partial charge in [-0.3, -0.25) is 4.68 Å². The number of hydrogen-bond donors (Lipinski definition) is 1. The maximum atomic E-state index is 6.18. The van der Waals surface area contributed by atoms with E-state index in [1.165, 1.54) is 0 Å². The van der Waals surface area contributed by atoms with Gasteiger partial charge >= 0.3 is 0 Å². The Morgan fingerprint density at radius 1 is 1.44 bits per heavy atom. The minimum atomic E-state index is -0.0775. The zero-order valence-corrected chi connectivity index (χ0v) is 10.9. The quantitative estimate of drug-likeness (QED) is 0.885. The van der Waals surface area contributed by atoms with Crippen LogP contribution >= 0.6 is 0 Å². The Balaban J connectivity index is 2.13. The van der Waals surface area contributed by atoms with E-state index in [4.69, 9.17) is 10.5 Å². The second kappa shape index (κ2) is 5.18. The molecule has 1 aromatic carbocycles. The molecule has 18 heavy (non-hydrogen) atoms. The van der Waals surface area contributed by atoms with Crippen molar-refractivity contribution >= 4 is 0 Å². The summed E-state index contributed by atoms with van der Waals surface area (Å²) in [5.41, 5.74) is 9.25. The SMILES string of the molecule is COc1ccc(C(N)Cc2cn(C)nn2)cc1C. The molecular formula is C13H18N4O. The summed E-state index contributed by atoms with van der Waals surface area (Å²) in [7, 11) is 3.51. The van der Waals surface area contributed by atoms with Gasteiger partial charge in [0.25, 0.3) is 0 Å². The van der Waals surface area contributed by atoms with Crippen LogP contribution in [0.2, 0.25) is 0 Å². The maximum absolute atomic E-state index is 6.18. The average molecular weight is 246 g/mol. The van der Waals surface area contributed by atoms with Gasteiger partial charge in [-0.1, -0.05) is 17.3 Å². The molecule has 0 aliphatic heterocycles. The van der Waals surface area contributed by atoms with Gasteiger partial charge < -0.3 is 10.5 Å². The van der Waals surface area contributed by atoms with Gasteiger partial charge in [-0.2, -0.15) is 0 Å². The fourth-order valence-electron chi connectivity index (χ4n) is 1.96. The minimum absolute atomic E-state index is 0.0775. The zero-order chi connectivity index (χ0) is 13.1. The molecule has 0 amide bonds. The summed E-state index contributed by atoms with van der Waals surface area (Å²) >= 11 is 0. The highest BCUT2D eigenvalue weighted by molar-refractivity contribution is 5.37. The second-order valence-corrected chi connectivity index (χ2v) is 4.42. The average Bonchev–Trinajstić information content (AvgIpc) is 2.74. The molecule has 1 unspecified atom stereocenters. The fourth-order valence-corrected chi connectivity index (χ4v) is 1.96. The van der Waals surface area contributed by atoms with Crippen LogP contribution in [0.3, 0.4) is 0 Å². The van der Waals surface area contributed by atoms with Gasteiger partial charge in [0.1, 0.15) is 5.75 Å². The molecule has 0 radical (unpaired) electrons.